The fourth-order valence-electron chi connectivity index (χ4n) is 2.85. The molecule has 0 heterocycles. The van der Waals surface area contributed by atoms with Gasteiger partial charge >= 0.3 is 5.97 Å². The Morgan fingerprint density at radius 2 is 1.64 bits per heavy atom. The topological polar surface area (TPSA) is 35.5 Å². The Hall–Kier alpha value is -2.29. The molecule has 0 N–H and O–H groups in total. The van der Waals surface area contributed by atoms with Gasteiger partial charge in [0.2, 0.25) is 0 Å². The SMILES string of the molecule is COc1ccc(CC(=O)Oc2ccc3c(c2)CCCC3)cc1. The van der Waals surface area contributed by atoms with E-state index in [4.69, 9.17) is 9.47 Å². The van der Waals surface area contributed by atoms with Crippen molar-refractivity contribution >= 4 is 5.97 Å². The summed E-state index contributed by atoms with van der Waals surface area (Å²) in [4.78, 5) is 12.1. The van der Waals surface area contributed by atoms with Gasteiger partial charge in [-0.3, -0.25) is 4.79 Å². The highest BCUT2D eigenvalue weighted by molar-refractivity contribution is 5.75. The number of hydrogen-bond acceptors (Lipinski definition) is 3. The maximum Gasteiger partial charge on any atom is 0.315 e. The lowest BCUT2D eigenvalue weighted by Gasteiger charge is -2.16. The van der Waals surface area contributed by atoms with Crippen molar-refractivity contribution in [3.05, 3.63) is 59.2 Å². The number of carbonyl (C=O) groups excluding carboxylic acids is 1. The molecule has 0 spiro atoms. The van der Waals surface area contributed by atoms with Gasteiger partial charge in [0.15, 0.2) is 0 Å². The molecule has 2 aromatic rings. The van der Waals surface area contributed by atoms with Gasteiger partial charge in [0, 0.05) is 0 Å². The van der Waals surface area contributed by atoms with E-state index in [1.54, 1.807) is 7.11 Å². The van der Waals surface area contributed by atoms with Gasteiger partial charge in [-0.1, -0.05) is 18.2 Å². The molecule has 114 valence electrons. The molecule has 0 radical (unpaired) electrons. The smallest absolute Gasteiger partial charge is 0.315 e. The molecule has 22 heavy (non-hydrogen) atoms. The molecule has 0 aromatic heterocycles. The van der Waals surface area contributed by atoms with Crippen LogP contribution in [0.2, 0.25) is 0 Å². The number of rotatable bonds is 4. The fourth-order valence-corrected chi connectivity index (χ4v) is 2.85. The van der Waals surface area contributed by atoms with E-state index in [0.29, 0.717) is 5.75 Å². The first kappa shape index (κ1) is 14.6. The van der Waals surface area contributed by atoms with Gasteiger partial charge in [0.05, 0.1) is 13.5 Å². The normalized spacial score (nSPS) is 13.3. The second-order valence-corrected chi connectivity index (χ2v) is 5.64. The minimum Gasteiger partial charge on any atom is -0.497 e. The summed E-state index contributed by atoms with van der Waals surface area (Å²) < 4.78 is 10.6. The van der Waals surface area contributed by atoms with E-state index in [2.05, 4.69) is 6.07 Å². The number of carbonyl (C=O) groups is 1. The standard InChI is InChI=1S/C19H20O3/c1-21-17-9-6-14(7-10-17)12-19(20)22-18-11-8-15-4-2-3-5-16(15)13-18/h6-11,13H,2-5,12H2,1H3. The Morgan fingerprint density at radius 1 is 0.955 bits per heavy atom. The van der Waals surface area contributed by atoms with E-state index in [-0.39, 0.29) is 12.4 Å². The molecule has 0 atom stereocenters. The Kier molecular flexibility index (Phi) is 4.42. The van der Waals surface area contributed by atoms with Gasteiger partial charge in [-0.2, -0.15) is 0 Å². The number of hydrogen-bond donors (Lipinski definition) is 0. The van der Waals surface area contributed by atoms with Crippen molar-refractivity contribution in [2.75, 3.05) is 7.11 Å². The van der Waals surface area contributed by atoms with E-state index in [1.165, 1.54) is 24.0 Å². The Balaban J connectivity index is 1.63. The third-order valence-electron chi connectivity index (χ3n) is 4.06. The molecule has 0 fully saturated rings. The largest absolute Gasteiger partial charge is 0.497 e. The molecule has 3 heteroatoms. The molecule has 0 amide bonds. The van der Waals surface area contributed by atoms with Crippen molar-refractivity contribution in [3.8, 4) is 11.5 Å². The summed E-state index contributed by atoms with van der Waals surface area (Å²) in [6.07, 6.45) is 4.95. The average Bonchev–Trinajstić information content (AvgIpc) is 2.55. The van der Waals surface area contributed by atoms with Gasteiger partial charge in [0.1, 0.15) is 11.5 Å². The van der Waals surface area contributed by atoms with Crippen molar-refractivity contribution in [3.63, 3.8) is 0 Å². The number of esters is 1. The molecule has 0 unspecified atom stereocenters. The van der Waals surface area contributed by atoms with Crippen molar-refractivity contribution in [2.45, 2.75) is 32.1 Å². The minimum atomic E-state index is -0.235. The summed E-state index contributed by atoms with van der Waals surface area (Å²) in [5.74, 6) is 1.20. The van der Waals surface area contributed by atoms with Crippen LogP contribution < -0.4 is 9.47 Å². The highest BCUT2D eigenvalue weighted by Crippen LogP contribution is 2.25. The van der Waals surface area contributed by atoms with Crippen LogP contribution >= 0.6 is 0 Å². The van der Waals surface area contributed by atoms with Gasteiger partial charge in [0.25, 0.3) is 0 Å². The number of ether oxygens (including phenoxy) is 2. The average molecular weight is 296 g/mol. The second-order valence-electron chi connectivity index (χ2n) is 5.64. The molecule has 0 aliphatic heterocycles. The highest BCUT2D eigenvalue weighted by atomic mass is 16.5. The second kappa shape index (κ2) is 6.65. The summed E-state index contributed by atoms with van der Waals surface area (Å²) in [5, 5.41) is 0. The monoisotopic (exact) mass is 296 g/mol. The molecule has 2 aromatic carbocycles. The van der Waals surface area contributed by atoms with Gasteiger partial charge < -0.3 is 9.47 Å². The number of aryl methyl sites for hydroxylation is 2. The summed E-state index contributed by atoms with van der Waals surface area (Å²) in [5.41, 5.74) is 3.63. The predicted octanol–water partition coefficient (Wildman–Crippen LogP) is 3.72. The number of fused-ring (bicyclic) bond motifs is 1. The summed E-state index contributed by atoms with van der Waals surface area (Å²) in [6, 6.07) is 13.5. The van der Waals surface area contributed by atoms with Gasteiger partial charge in [-0.15, -0.1) is 0 Å². The lowest BCUT2D eigenvalue weighted by atomic mass is 9.92. The zero-order valence-corrected chi connectivity index (χ0v) is 12.8. The van der Waals surface area contributed by atoms with Crippen molar-refractivity contribution < 1.29 is 14.3 Å². The molecular weight excluding hydrogens is 276 g/mol. The zero-order chi connectivity index (χ0) is 15.4. The third-order valence-corrected chi connectivity index (χ3v) is 4.06. The molecule has 3 rings (SSSR count). The molecule has 0 saturated heterocycles. The zero-order valence-electron chi connectivity index (χ0n) is 12.8. The van der Waals surface area contributed by atoms with Crippen molar-refractivity contribution in [1.82, 2.24) is 0 Å². The maximum absolute atomic E-state index is 12.1. The quantitative estimate of drug-likeness (QED) is 0.637. The fraction of sp³-hybridized carbons (Fsp3) is 0.316. The van der Waals surface area contributed by atoms with E-state index < -0.39 is 0 Å². The summed E-state index contributed by atoms with van der Waals surface area (Å²) in [6.45, 7) is 0. The first-order valence-corrected chi connectivity index (χ1v) is 7.70. The lowest BCUT2D eigenvalue weighted by molar-refractivity contribution is -0.133. The van der Waals surface area contributed by atoms with Crippen LogP contribution in [0, 0.1) is 0 Å². The molecule has 3 nitrogen and oxygen atoms in total. The van der Waals surface area contributed by atoms with E-state index >= 15 is 0 Å². The lowest BCUT2D eigenvalue weighted by Crippen LogP contribution is -2.12. The Bertz CT molecular complexity index is 659. The number of benzene rings is 2. The van der Waals surface area contributed by atoms with Crippen LogP contribution in [0.4, 0.5) is 0 Å². The van der Waals surface area contributed by atoms with Crippen molar-refractivity contribution in [2.24, 2.45) is 0 Å². The van der Waals surface area contributed by atoms with Crippen LogP contribution in [0.15, 0.2) is 42.5 Å². The van der Waals surface area contributed by atoms with E-state index in [0.717, 1.165) is 24.2 Å². The Morgan fingerprint density at radius 3 is 2.36 bits per heavy atom. The Labute approximate surface area is 130 Å². The van der Waals surface area contributed by atoms with Crippen molar-refractivity contribution in [1.29, 1.82) is 0 Å². The molecule has 1 aliphatic carbocycles. The number of methoxy groups -OCH3 is 1. The van der Waals surface area contributed by atoms with Crippen LogP contribution in [-0.4, -0.2) is 13.1 Å². The van der Waals surface area contributed by atoms with E-state index in [1.807, 2.05) is 36.4 Å². The highest BCUT2D eigenvalue weighted by Gasteiger charge is 2.12. The molecule has 0 saturated carbocycles. The third kappa shape index (κ3) is 3.48. The summed E-state index contributed by atoms with van der Waals surface area (Å²) >= 11 is 0. The van der Waals surface area contributed by atoms with Gasteiger partial charge in [-0.05, 0) is 66.6 Å². The van der Waals surface area contributed by atoms with Crippen LogP contribution in [-0.2, 0) is 24.1 Å². The maximum atomic E-state index is 12.1. The minimum absolute atomic E-state index is 0.235. The predicted molar refractivity (Wildman–Crippen MR) is 85.4 cm³/mol. The van der Waals surface area contributed by atoms with Crippen LogP contribution in [0.5, 0.6) is 11.5 Å². The molecular formula is C19H20O3. The molecule has 1 aliphatic rings. The van der Waals surface area contributed by atoms with E-state index in [9.17, 15) is 4.79 Å². The van der Waals surface area contributed by atoms with Crippen LogP contribution in [0.25, 0.3) is 0 Å². The van der Waals surface area contributed by atoms with Gasteiger partial charge in [-0.25, -0.2) is 0 Å². The van der Waals surface area contributed by atoms with Crippen LogP contribution in [0.1, 0.15) is 29.5 Å². The summed E-state index contributed by atoms with van der Waals surface area (Å²) in [7, 11) is 1.62. The van der Waals surface area contributed by atoms with Crippen LogP contribution in [0.3, 0.4) is 0 Å². The first-order valence-electron chi connectivity index (χ1n) is 7.70. The molecule has 0 bridgehead atoms. The first-order chi connectivity index (χ1) is 10.7.